The summed E-state index contributed by atoms with van der Waals surface area (Å²) in [5.74, 6) is 1.20. The van der Waals surface area contributed by atoms with Crippen LogP contribution < -0.4 is 10.1 Å². The third-order valence-electron chi connectivity index (χ3n) is 5.97. The highest BCUT2D eigenvalue weighted by Crippen LogP contribution is 2.26. The average molecular weight is 429 g/mol. The van der Waals surface area contributed by atoms with Gasteiger partial charge in [0.05, 0.1) is 6.61 Å². The van der Waals surface area contributed by atoms with Gasteiger partial charge >= 0.3 is 6.16 Å². The maximum atomic E-state index is 12.4. The fourth-order valence-electron chi connectivity index (χ4n) is 4.09. The van der Waals surface area contributed by atoms with E-state index in [4.69, 9.17) is 9.47 Å². The van der Waals surface area contributed by atoms with Crippen LogP contribution in [0.5, 0.6) is 5.75 Å². The maximum absolute atomic E-state index is 12.4. The Hall–Kier alpha value is -2.83. The summed E-state index contributed by atoms with van der Waals surface area (Å²) in [6.45, 7) is 3.98. The minimum atomic E-state index is -0.765. The molecule has 3 rings (SSSR count). The molecule has 2 amide bonds. The molecule has 7 heteroatoms. The van der Waals surface area contributed by atoms with Gasteiger partial charge in [-0.2, -0.15) is 0 Å². The van der Waals surface area contributed by atoms with E-state index in [1.165, 1.54) is 25.7 Å². The first-order valence-electron chi connectivity index (χ1n) is 11.2. The number of carbonyl (C=O) groups excluding carboxylic acids is 3. The molecule has 1 aromatic carbocycles. The van der Waals surface area contributed by atoms with Gasteiger partial charge in [0.25, 0.3) is 5.91 Å². The number of allylic oxidation sites excluding steroid dienone is 1. The predicted octanol–water partition coefficient (Wildman–Crippen LogP) is 3.94. The summed E-state index contributed by atoms with van der Waals surface area (Å²) in [4.78, 5) is 38.0. The van der Waals surface area contributed by atoms with Gasteiger partial charge in [-0.15, -0.1) is 0 Å². The molecule has 1 saturated carbocycles. The van der Waals surface area contributed by atoms with Gasteiger partial charge in [-0.3, -0.25) is 9.59 Å². The highest BCUT2D eigenvalue weighted by Gasteiger charge is 2.22. The quantitative estimate of drug-likeness (QED) is 0.404. The van der Waals surface area contributed by atoms with Crippen LogP contribution >= 0.6 is 0 Å². The molecule has 1 saturated heterocycles. The van der Waals surface area contributed by atoms with Crippen molar-refractivity contribution in [1.82, 2.24) is 10.2 Å². The predicted molar refractivity (Wildman–Crippen MR) is 117 cm³/mol. The van der Waals surface area contributed by atoms with Gasteiger partial charge in [0, 0.05) is 25.2 Å². The third kappa shape index (κ3) is 7.12. The minimum absolute atomic E-state index is 0.111. The number of rotatable bonds is 7. The number of piperidine rings is 1. The van der Waals surface area contributed by atoms with Crippen molar-refractivity contribution in [1.29, 1.82) is 0 Å². The van der Waals surface area contributed by atoms with Gasteiger partial charge in [-0.1, -0.05) is 18.9 Å². The highest BCUT2D eigenvalue weighted by molar-refractivity contribution is 5.94. The Morgan fingerprint density at radius 1 is 1.06 bits per heavy atom. The van der Waals surface area contributed by atoms with Crippen LogP contribution in [0, 0.1) is 11.8 Å². The largest absolute Gasteiger partial charge is 0.513 e. The number of amides is 2. The molecule has 1 aromatic rings. The van der Waals surface area contributed by atoms with Crippen LogP contribution in [-0.4, -0.2) is 49.1 Å². The summed E-state index contributed by atoms with van der Waals surface area (Å²) in [6.07, 6.45) is 9.79. The molecule has 1 N–H and O–H groups in total. The lowest BCUT2D eigenvalue weighted by Crippen LogP contribution is -2.41. The van der Waals surface area contributed by atoms with Crippen molar-refractivity contribution in [2.75, 3.05) is 26.2 Å². The van der Waals surface area contributed by atoms with Gasteiger partial charge in [-0.25, -0.2) is 4.79 Å². The zero-order valence-electron chi connectivity index (χ0n) is 18.2. The number of hydrogen-bond acceptors (Lipinski definition) is 5. The summed E-state index contributed by atoms with van der Waals surface area (Å²) in [7, 11) is 0. The van der Waals surface area contributed by atoms with Gasteiger partial charge in [0.1, 0.15) is 5.75 Å². The van der Waals surface area contributed by atoms with Crippen LogP contribution in [0.25, 0.3) is 0 Å². The third-order valence-corrected chi connectivity index (χ3v) is 5.97. The Bertz CT molecular complexity index is 776. The molecule has 7 nitrogen and oxygen atoms in total. The van der Waals surface area contributed by atoms with Crippen molar-refractivity contribution in [2.45, 2.75) is 45.4 Å². The van der Waals surface area contributed by atoms with Crippen molar-refractivity contribution in [3.63, 3.8) is 0 Å². The number of benzene rings is 1. The molecule has 31 heavy (non-hydrogen) atoms. The lowest BCUT2D eigenvalue weighted by Gasteiger charge is -2.31. The normalized spacial score (nSPS) is 17.6. The van der Waals surface area contributed by atoms with Gasteiger partial charge in [0.15, 0.2) is 0 Å². The summed E-state index contributed by atoms with van der Waals surface area (Å²) >= 11 is 0. The van der Waals surface area contributed by atoms with Crippen molar-refractivity contribution < 1.29 is 23.9 Å². The zero-order valence-corrected chi connectivity index (χ0v) is 18.2. The smallest absolute Gasteiger partial charge is 0.434 e. The average Bonchev–Trinajstić information content (AvgIpc) is 3.30. The first kappa shape index (κ1) is 22.8. The Balaban J connectivity index is 1.37. The van der Waals surface area contributed by atoms with Crippen molar-refractivity contribution in [3.05, 3.63) is 42.0 Å². The van der Waals surface area contributed by atoms with Gasteiger partial charge in [0.2, 0.25) is 5.91 Å². The molecule has 2 fully saturated rings. The number of nitrogens with zero attached hydrogens (tertiary/aromatic N) is 1. The van der Waals surface area contributed by atoms with E-state index in [1.807, 2.05) is 4.90 Å². The first-order valence-corrected chi connectivity index (χ1v) is 11.2. The summed E-state index contributed by atoms with van der Waals surface area (Å²) in [5.41, 5.74) is 0.501. The van der Waals surface area contributed by atoms with E-state index in [-0.39, 0.29) is 18.4 Å². The molecule has 1 aliphatic carbocycles. The van der Waals surface area contributed by atoms with Gasteiger partial charge < -0.3 is 19.7 Å². The molecular weight excluding hydrogens is 396 g/mol. The van der Waals surface area contributed by atoms with Crippen molar-refractivity contribution >= 4 is 18.0 Å². The van der Waals surface area contributed by atoms with E-state index in [2.05, 4.69) is 11.4 Å². The van der Waals surface area contributed by atoms with Crippen LogP contribution in [0.1, 0.15) is 55.8 Å². The molecule has 0 aromatic heterocycles. The van der Waals surface area contributed by atoms with Crippen LogP contribution in [0.2, 0.25) is 0 Å². The Morgan fingerprint density at radius 3 is 2.39 bits per heavy atom. The van der Waals surface area contributed by atoms with Crippen molar-refractivity contribution in [2.24, 2.45) is 11.8 Å². The number of ether oxygens (including phenoxy) is 2. The molecular formula is C24H32N2O5. The molecule has 0 radical (unpaired) electrons. The molecule has 0 unspecified atom stereocenters. The number of nitrogens with one attached hydrogen (secondary N) is 1. The topological polar surface area (TPSA) is 84.9 Å². The second-order valence-electron chi connectivity index (χ2n) is 8.19. The molecule has 1 aliphatic heterocycles. The molecule has 0 spiro atoms. The van der Waals surface area contributed by atoms with E-state index in [9.17, 15) is 14.4 Å². The second kappa shape index (κ2) is 11.5. The molecule has 0 atom stereocenters. The van der Waals surface area contributed by atoms with Gasteiger partial charge in [-0.05, 0) is 74.8 Å². The molecule has 0 bridgehead atoms. The minimum Gasteiger partial charge on any atom is -0.434 e. The van der Waals surface area contributed by atoms with Crippen molar-refractivity contribution in [3.8, 4) is 5.75 Å². The molecule has 1 heterocycles. The Kier molecular flexibility index (Phi) is 8.50. The number of carbonyl (C=O) groups is 3. The lowest BCUT2D eigenvalue weighted by molar-refractivity contribution is -0.127. The number of hydrogen-bond donors (Lipinski definition) is 1. The summed E-state index contributed by atoms with van der Waals surface area (Å²) < 4.78 is 9.71. The fourth-order valence-corrected chi connectivity index (χ4v) is 4.09. The maximum Gasteiger partial charge on any atom is 0.513 e. The molecule has 2 aliphatic rings. The van der Waals surface area contributed by atoms with Crippen LogP contribution in [0.15, 0.2) is 36.4 Å². The first-order chi connectivity index (χ1) is 15.0. The summed E-state index contributed by atoms with van der Waals surface area (Å²) in [5, 5.41) is 2.97. The van der Waals surface area contributed by atoms with Crippen LogP contribution in [0.3, 0.4) is 0 Å². The number of likely N-dealkylation sites (tertiary alicyclic amines) is 1. The SMILES string of the molecule is CCOC(=O)Oc1ccc(C(=O)NCC2CCN(C(=O)/C=C/C3CCCC3)CC2)cc1. The van der Waals surface area contributed by atoms with E-state index in [0.717, 1.165) is 25.9 Å². The fraction of sp³-hybridized carbons (Fsp3) is 0.542. The highest BCUT2D eigenvalue weighted by atomic mass is 16.7. The second-order valence-corrected chi connectivity index (χ2v) is 8.19. The van der Waals surface area contributed by atoms with E-state index < -0.39 is 6.16 Å². The van der Waals surface area contributed by atoms with E-state index in [1.54, 1.807) is 37.3 Å². The van der Waals surface area contributed by atoms with Crippen LogP contribution in [0.4, 0.5) is 4.79 Å². The van der Waals surface area contributed by atoms with Crippen LogP contribution in [-0.2, 0) is 9.53 Å². The monoisotopic (exact) mass is 428 g/mol. The lowest BCUT2D eigenvalue weighted by atomic mass is 9.96. The molecule has 168 valence electrons. The van der Waals surface area contributed by atoms with E-state index >= 15 is 0 Å². The Labute approximate surface area is 183 Å². The standard InChI is InChI=1S/C24H32N2O5/c1-2-30-24(29)31-21-10-8-20(9-11-21)23(28)25-17-19-13-15-26(16-14-19)22(27)12-7-18-5-3-4-6-18/h7-12,18-19H,2-6,13-17H2,1H3,(H,25,28)/b12-7+. The Morgan fingerprint density at radius 2 is 1.74 bits per heavy atom. The zero-order chi connectivity index (χ0) is 22.1. The van der Waals surface area contributed by atoms with E-state index in [0.29, 0.717) is 29.7 Å². The summed E-state index contributed by atoms with van der Waals surface area (Å²) in [6, 6.07) is 6.35.